The van der Waals surface area contributed by atoms with Gasteiger partial charge in [0.05, 0.1) is 12.2 Å². The zero-order chi connectivity index (χ0) is 17.2. The van der Waals surface area contributed by atoms with Crippen LogP contribution in [-0.2, 0) is 25.9 Å². The molecule has 1 aliphatic rings. The average molecular weight is 337 g/mol. The Morgan fingerprint density at radius 3 is 2.68 bits per heavy atom. The molecule has 0 unspecified atom stereocenters. The van der Waals surface area contributed by atoms with Crippen molar-refractivity contribution in [2.24, 2.45) is 0 Å². The normalized spacial score (nSPS) is 15.1. The lowest BCUT2D eigenvalue weighted by molar-refractivity contribution is 0.266. The maximum absolute atomic E-state index is 5.28. The maximum Gasteiger partial charge on any atom is 0.155 e. The van der Waals surface area contributed by atoms with E-state index in [4.69, 9.17) is 14.6 Å². The van der Waals surface area contributed by atoms with E-state index in [1.54, 1.807) is 0 Å². The van der Waals surface area contributed by atoms with Crippen LogP contribution in [-0.4, -0.2) is 37.9 Å². The van der Waals surface area contributed by atoms with Gasteiger partial charge in [-0.2, -0.15) is 5.10 Å². The van der Waals surface area contributed by atoms with Gasteiger partial charge in [0, 0.05) is 38.0 Å². The van der Waals surface area contributed by atoms with Crippen molar-refractivity contribution in [3.8, 4) is 0 Å². The Hall–Kier alpha value is -2.47. The van der Waals surface area contributed by atoms with Gasteiger partial charge in [0.1, 0.15) is 11.6 Å². The van der Waals surface area contributed by atoms with Crippen LogP contribution in [0.25, 0.3) is 0 Å². The van der Waals surface area contributed by atoms with Crippen LogP contribution in [0.5, 0.6) is 0 Å². The second kappa shape index (κ2) is 6.80. The van der Waals surface area contributed by atoms with E-state index in [1.165, 1.54) is 11.1 Å². The van der Waals surface area contributed by atoms with Gasteiger partial charge in [0.25, 0.3) is 0 Å². The van der Waals surface area contributed by atoms with Gasteiger partial charge in [-0.15, -0.1) is 0 Å². The van der Waals surface area contributed by atoms with E-state index in [1.807, 2.05) is 19.9 Å². The van der Waals surface area contributed by atoms with Gasteiger partial charge in [-0.1, -0.05) is 35.5 Å². The maximum atomic E-state index is 5.28. The lowest BCUT2D eigenvalue weighted by Gasteiger charge is -2.18. The van der Waals surface area contributed by atoms with Crippen LogP contribution < -0.4 is 0 Å². The number of hydrogen-bond donors (Lipinski definition) is 0. The molecule has 6 nitrogen and oxygen atoms in total. The summed E-state index contributed by atoms with van der Waals surface area (Å²) in [6, 6.07) is 10.4. The molecule has 0 saturated carbocycles. The summed E-state index contributed by atoms with van der Waals surface area (Å²) in [6.07, 6.45) is 1.72. The van der Waals surface area contributed by atoms with Gasteiger partial charge in [-0.05, 0) is 19.4 Å². The standard InChI is InChI=1S/C19H23N5O/c1-14-17(15(2)25-22-14)13-23-9-8-19-20-18(21-24(19)11-10-23)12-16-6-4-3-5-7-16/h3-7H,8-13H2,1-2H3. The first kappa shape index (κ1) is 16.0. The second-order valence-corrected chi connectivity index (χ2v) is 6.66. The highest BCUT2D eigenvalue weighted by molar-refractivity contribution is 5.21. The van der Waals surface area contributed by atoms with Gasteiger partial charge in [-0.25, -0.2) is 9.67 Å². The van der Waals surface area contributed by atoms with Gasteiger partial charge in [0.15, 0.2) is 5.82 Å². The number of rotatable bonds is 4. The molecule has 4 rings (SSSR count). The number of benzene rings is 1. The van der Waals surface area contributed by atoms with Crippen LogP contribution in [0.4, 0.5) is 0 Å². The van der Waals surface area contributed by atoms with E-state index in [9.17, 15) is 0 Å². The predicted octanol–water partition coefficient (Wildman–Crippen LogP) is 2.53. The first-order valence-corrected chi connectivity index (χ1v) is 8.79. The van der Waals surface area contributed by atoms with Crippen molar-refractivity contribution in [1.29, 1.82) is 0 Å². The summed E-state index contributed by atoms with van der Waals surface area (Å²) in [5, 5.41) is 8.78. The molecule has 0 bridgehead atoms. The molecule has 0 radical (unpaired) electrons. The number of fused-ring (bicyclic) bond motifs is 1. The van der Waals surface area contributed by atoms with Gasteiger partial charge in [0.2, 0.25) is 0 Å². The molecule has 1 aromatic carbocycles. The molecule has 0 atom stereocenters. The summed E-state index contributed by atoms with van der Waals surface area (Å²) in [5.41, 5.74) is 3.45. The quantitative estimate of drug-likeness (QED) is 0.732. The highest BCUT2D eigenvalue weighted by Gasteiger charge is 2.20. The first-order valence-electron chi connectivity index (χ1n) is 8.79. The van der Waals surface area contributed by atoms with Crippen molar-refractivity contribution in [3.05, 3.63) is 64.6 Å². The summed E-state index contributed by atoms with van der Waals surface area (Å²) in [5.74, 6) is 2.93. The van der Waals surface area contributed by atoms with Crippen molar-refractivity contribution in [2.75, 3.05) is 13.1 Å². The Morgan fingerprint density at radius 2 is 1.92 bits per heavy atom. The molecule has 2 aromatic heterocycles. The Kier molecular flexibility index (Phi) is 4.36. The van der Waals surface area contributed by atoms with E-state index in [-0.39, 0.29) is 0 Å². The molecule has 0 aliphatic carbocycles. The molecule has 0 fully saturated rings. The Balaban J connectivity index is 1.42. The van der Waals surface area contributed by atoms with E-state index < -0.39 is 0 Å². The van der Waals surface area contributed by atoms with Gasteiger partial charge in [-0.3, -0.25) is 4.90 Å². The smallest absolute Gasteiger partial charge is 0.155 e. The third kappa shape index (κ3) is 3.49. The predicted molar refractivity (Wildman–Crippen MR) is 94.2 cm³/mol. The van der Waals surface area contributed by atoms with Crippen LogP contribution in [0.15, 0.2) is 34.9 Å². The highest BCUT2D eigenvalue weighted by Crippen LogP contribution is 2.17. The summed E-state index contributed by atoms with van der Waals surface area (Å²) in [7, 11) is 0. The molecule has 25 heavy (non-hydrogen) atoms. The SMILES string of the molecule is Cc1noc(C)c1CN1CCc2nc(Cc3ccccc3)nn2CC1. The molecule has 0 spiro atoms. The fraction of sp³-hybridized carbons (Fsp3) is 0.421. The minimum Gasteiger partial charge on any atom is -0.361 e. The Morgan fingerprint density at radius 1 is 1.08 bits per heavy atom. The van der Waals surface area contributed by atoms with Crippen LogP contribution in [0.3, 0.4) is 0 Å². The summed E-state index contributed by atoms with van der Waals surface area (Å²) < 4.78 is 7.36. The van der Waals surface area contributed by atoms with E-state index in [2.05, 4.69) is 39.0 Å². The molecular formula is C19H23N5O. The topological polar surface area (TPSA) is 60.0 Å². The monoisotopic (exact) mass is 337 g/mol. The van der Waals surface area contributed by atoms with Gasteiger partial charge >= 0.3 is 0 Å². The molecule has 3 heterocycles. The minimum atomic E-state index is 0.795. The molecule has 3 aromatic rings. The van der Waals surface area contributed by atoms with E-state index in [0.717, 1.165) is 62.1 Å². The first-order chi connectivity index (χ1) is 12.2. The van der Waals surface area contributed by atoms with Crippen molar-refractivity contribution in [3.63, 3.8) is 0 Å². The lowest BCUT2D eigenvalue weighted by Crippen LogP contribution is -2.27. The fourth-order valence-electron chi connectivity index (χ4n) is 3.36. The highest BCUT2D eigenvalue weighted by atomic mass is 16.5. The number of nitrogens with zero attached hydrogens (tertiary/aromatic N) is 5. The molecular weight excluding hydrogens is 314 g/mol. The fourth-order valence-corrected chi connectivity index (χ4v) is 3.36. The van der Waals surface area contributed by atoms with Crippen LogP contribution in [0.1, 0.15) is 34.2 Å². The molecule has 0 saturated heterocycles. The zero-order valence-electron chi connectivity index (χ0n) is 14.8. The second-order valence-electron chi connectivity index (χ2n) is 6.66. The molecule has 1 aliphatic heterocycles. The minimum absolute atomic E-state index is 0.795. The van der Waals surface area contributed by atoms with Crippen molar-refractivity contribution < 1.29 is 4.52 Å². The Bertz CT molecular complexity index is 807. The average Bonchev–Trinajstić information content (AvgIpc) is 3.08. The third-order valence-corrected chi connectivity index (χ3v) is 4.84. The van der Waals surface area contributed by atoms with Gasteiger partial charge < -0.3 is 4.52 Å². The number of hydrogen-bond acceptors (Lipinski definition) is 5. The molecule has 0 amide bonds. The lowest BCUT2D eigenvalue weighted by atomic mass is 10.1. The van der Waals surface area contributed by atoms with Crippen molar-refractivity contribution in [1.82, 2.24) is 24.8 Å². The largest absolute Gasteiger partial charge is 0.361 e. The van der Waals surface area contributed by atoms with E-state index >= 15 is 0 Å². The van der Waals surface area contributed by atoms with E-state index in [0.29, 0.717) is 0 Å². The summed E-state index contributed by atoms with van der Waals surface area (Å²) in [6.45, 7) is 7.68. The summed E-state index contributed by atoms with van der Waals surface area (Å²) in [4.78, 5) is 7.20. The third-order valence-electron chi connectivity index (χ3n) is 4.84. The van der Waals surface area contributed by atoms with Crippen LogP contribution in [0.2, 0.25) is 0 Å². The zero-order valence-corrected chi connectivity index (χ0v) is 14.8. The number of aromatic nitrogens is 4. The van der Waals surface area contributed by atoms with Crippen molar-refractivity contribution in [2.45, 2.75) is 39.8 Å². The van der Waals surface area contributed by atoms with Crippen LogP contribution >= 0.6 is 0 Å². The van der Waals surface area contributed by atoms with Crippen LogP contribution in [0, 0.1) is 13.8 Å². The molecule has 0 N–H and O–H groups in total. The molecule has 130 valence electrons. The summed E-state index contributed by atoms with van der Waals surface area (Å²) >= 11 is 0. The van der Waals surface area contributed by atoms with Crippen molar-refractivity contribution >= 4 is 0 Å². The Labute approximate surface area is 147 Å². The number of aryl methyl sites for hydroxylation is 2. The molecule has 6 heteroatoms.